The molecule has 0 spiro atoms. The number of amides is 1. The smallest absolute Gasteiger partial charge is 0.289 e. The van der Waals surface area contributed by atoms with Crippen LogP contribution in [-0.4, -0.2) is 29.8 Å². The van der Waals surface area contributed by atoms with E-state index in [9.17, 15) is 14.9 Å². The van der Waals surface area contributed by atoms with E-state index in [-0.39, 0.29) is 17.4 Å². The summed E-state index contributed by atoms with van der Waals surface area (Å²) in [6.45, 7) is 0. The van der Waals surface area contributed by atoms with Gasteiger partial charge in [0.15, 0.2) is 5.76 Å². The minimum Gasteiger partial charge on any atom is -0.451 e. The second kappa shape index (κ2) is 4.93. The van der Waals surface area contributed by atoms with E-state index in [1.165, 1.54) is 17.0 Å². The predicted molar refractivity (Wildman–Crippen MR) is 68.8 cm³/mol. The lowest BCUT2D eigenvalue weighted by Crippen LogP contribution is -2.20. The first-order valence-corrected chi connectivity index (χ1v) is 5.56. The van der Waals surface area contributed by atoms with E-state index in [4.69, 9.17) is 4.42 Å². The lowest BCUT2D eigenvalue weighted by molar-refractivity contribution is -0.384. The Hall–Kier alpha value is -2.63. The highest BCUT2D eigenvalue weighted by Gasteiger charge is 2.19. The van der Waals surface area contributed by atoms with E-state index in [1.54, 1.807) is 38.4 Å². The second-order valence-electron chi connectivity index (χ2n) is 4.14. The van der Waals surface area contributed by atoms with Crippen LogP contribution in [0.25, 0.3) is 11.3 Å². The Bertz CT molecular complexity index is 631. The number of benzene rings is 1. The van der Waals surface area contributed by atoms with E-state index in [0.717, 1.165) is 0 Å². The summed E-state index contributed by atoms with van der Waals surface area (Å²) in [6.07, 6.45) is 0. The normalized spacial score (nSPS) is 10.2. The molecule has 0 aliphatic rings. The summed E-state index contributed by atoms with van der Waals surface area (Å²) in [4.78, 5) is 23.5. The molecule has 6 heteroatoms. The number of carbonyl (C=O) groups excluding carboxylic acids is 1. The standard InChI is InChI=1S/C13H12N2O4/c1-14(2)13(16)12-8-7-11(19-12)9-5-3-4-6-10(9)15(17)18/h3-8H,1-2H3. The maximum atomic E-state index is 11.7. The highest BCUT2D eigenvalue weighted by atomic mass is 16.6. The lowest BCUT2D eigenvalue weighted by atomic mass is 10.1. The van der Waals surface area contributed by atoms with Crippen LogP contribution in [0.3, 0.4) is 0 Å². The predicted octanol–water partition coefficient (Wildman–Crippen LogP) is 2.56. The molecule has 1 aromatic heterocycles. The molecule has 0 unspecified atom stereocenters. The molecule has 0 N–H and O–H groups in total. The number of carbonyl (C=O) groups is 1. The molecule has 1 amide bonds. The Morgan fingerprint density at radius 3 is 2.53 bits per heavy atom. The average Bonchev–Trinajstić information content (AvgIpc) is 2.87. The molecule has 19 heavy (non-hydrogen) atoms. The quantitative estimate of drug-likeness (QED) is 0.627. The Morgan fingerprint density at radius 2 is 1.89 bits per heavy atom. The van der Waals surface area contributed by atoms with Crippen molar-refractivity contribution in [2.45, 2.75) is 0 Å². The van der Waals surface area contributed by atoms with E-state index < -0.39 is 4.92 Å². The number of nitro benzene ring substituents is 1. The van der Waals surface area contributed by atoms with Crippen LogP contribution in [0.1, 0.15) is 10.6 Å². The topological polar surface area (TPSA) is 76.6 Å². The molecule has 0 aliphatic heterocycles. The van der Waals surface area contributed by atoms with Crippen molar-refractivity contribution in [2.75, 3.05) is 14.1 Å². The van der Waals surface area contributed by atoms with Gasteiger partial charge in [-0.1, -0.05) is 12.1 Å². The molecule has 0 fully saturated rings. The molecule has 0 radical (unpaired) electrons. The third-order valence-corrected chi connectivity index (χ3v) is 2.59. The van der Waals surface area contributed by atoms with E-state index >= 15 is 0 Å². The van der Waals surface area contributed by atoms with Gasteiger partial charge in [0.1, 0.15) is 5.76 Å². The third-order valence-electron chi connectivity index (χ3n) is 2.59. The van der Waals surface area contributed by atoms with Crippen LogP contribution in [-0.2, 0) is 0 Å². The number of nitrogens with zero attached hydrogens (tertiary/aromatic N) is 2. The van der Waals surface area contributed by atoms with E-state index in [0.29, 0.717) is 11.3 Å². The largest absolute Gasteiger partial charge is 0.451 e. The molecule has 6 nitrogen and oxygen atoms in total. The van der Waals surface area contributed by atoms with Gasteiger partial charge in [-0.25, -0.2) is 0 Å². The number of rotatable bonds is 3. The van der Waals surface area contributed by atoms with Gasteiger partial charge in [-0.3, -0.25) is 14.9 Å². The van der Waals surface area contributed by atoms with Crippen molar-refractivity contribution < 1.29 is 14.1 Å². The SMILES string of the molecule is CN(C)C(=O)c1ccc(-c2ccccc2[N+](=O)[O-])o1. The van der Waals surface area contributed by atoms with Crippen molar-refractivity contribution in [1.29, 1.82) is 0 Å². The number of hydrogen-bond donors (Lipinski definition) is 0. The van der Waals surface area contributed by atoms with Crippen LogP contribution in [0.2, 0.25) is 0 Å². The van der Waals surface area contributed by atoms with Crippen LogP contribution >= 0.6 is 0 Å². The maximum Gasteiger partial charge on any atom is 0.289 e. The van der Waals surface area contributed by atoms with Gasteiger partial charge in [0.2, 0.25) is 0 Å². The van der Waals surface area contributed by atoms with Gasteiger partial charge < -0.3 is 9.32 Å². The molecule has 2 rings (SSSR count). The minimum atomic E-state index is -0.481. The second-order valence-corrected chi connectivity index (χ2v) is 4.14. The first-order chi connectivity index (χ1) is 9.00. The molecule has 98 valence electrons. The Morgan fingerprint density at radius 1 is 1.21 bits per heavy atom. The number of nitro groups is 1. The minimum absolute atomic E-state index is 0.0549. The van der Waals surface area contributed by atoms with Crippen molar-refractivity contribution in [1.82, 2.24) is 4.90 Å². The van der Waals surface area contributed by atoms with Crippen molar-refractivity contribution >= 4 is 11.6 Å². The summed E-state index contributed by atoms with van der Waals surface area (Å²) in [5.74, 6) is 0.167. The van der Waals surface area contributed by atoms with Crippen LogP contribution in [0.5, 0.6) is 0 Å². The molecule has 0 bridgehead atoms. The van der Waals surface area contributed by atoms with Crippen molar-refractivity contribution in [2.24, 2.45) is 0 Å². The zero-order chi connectivity index (χ0) is 14.0. The fourth-order valence-corrected chi connectivity index (χ4v) is 1.66. The summed E-state index contributed by atoms with van der Waals surface area (Å²) in [5, 5.41) is 10.9. The zero-order valence-electron chi connectivity index (χ0n) is 10.5. The van der Waals surface area contributed by atoms with Crippen LogP contribution in [0, 0.1) is 10.1 Å². The average molecular weight is 260 g/mol. The highest BCUT2D eigenvalue weighted by Crippen LogP contribution is 2.30. The summed E-state index contributed by atoms with van der Waals surface area (Å²) < 4.78 is 5.39. The van der Waals surface area contributed by atoms with E-state index in [2.05, 4.69) is 0 Å². The Kier molecular flexibility index (Phi) is 3.33. The van der Waals surface area contributed by atoms with Crippen molar-refractivity contribution in [3.05, 3.63) is 52.3 Å². The number of furan rings is 1. The number of hydrogen-bond acceptors (Lipinski definition) is 4. The van der Waals surface area contributed by atoms with Gasteiger partial charge in [0.25, 0.3) is 11.6 Å². The Labute approximate surface area is 109 Å². The van der Waals surface area contributed by atoms with Gasteiger partial charge in [-0.2, -0.15) is 0 Å². The lowest BCUT2D eigenvalue weighted by Gasteiger charge is -2.06. The summed E-state index contributed by atoms with van der Waals surface area (Å²) in [5.41, 5.74) is 0.297. The third kappa shape index (κ3) is 2.47. The van der Waals surface area contributed by atoms with Crippen LogP contribution in [0.4, 0.5) is 5.69 Å². The van der Waals surface area contributed by atoms with Crippen molar-refractivity contribution in [3.8, 4) is 11.3 Å². The van der Waals surface area contributed by atoms with Gasteiger partial charge in [0, 0.05) is 20.2 Å². The van der Waals surface area contributed by atoms with E-state index in [1.807, 2.05) is 0 Å². The van der Waals surface area contributed by atoms with Gasteiger partial charge >= 0.3 is 0 Å². The maximum absolute atomic E-state index is 11.7. The molecule has 0 atom stereocenters. The molecule has 1 aromatic carbocycles. The zero-order valence-corrected chi connectivity index (χ0v) is 10.5. The van der Waals surface area contributed by atoms with Crippen LogP contribution < -0.4 is 0 Å². The molecule has 0 saturated carbocycles. The molecule has 0 aliphatic carbocycles. The monoisotopic (exact) mass is 260 g/mol. The molecule has 2 aromatic rings. The molecule has 1 heterocycles. The van der Waals surface area contributed by atoms with Gasteiger partial charge in [-0.15, -0.1) is 0 Å². The summed E-state index contributed by atoms with van der Waals surface area (Å²) in [6, 6.07) is 9.30. The summed E-state index contributed by atoms with van der Waals surface area (Å²) >= 11 is 0. The summed E-state index contributed by atoms with van der Waals surface area (Å²) in [7, 11) is 3.21. The van der Waals surface area contributed by atoms with Crippen molar-refractivity contribution in [3.63, 3.8) is 0 Å². The molecule has 0 saturated heterocycles. The first kappa shape index (κ1) is 12.8. The number of para-hydroxylation sites is 1. The fraction of sp³-hybridized carbons (Fsp3) is 0.154. The van der Waals surface area contributed by atoms with Gasteiger partial charge in [-0.05, 0) is 18.2 Å². The highest BCUT2D eigenvalue weighted by molar-refractivity contribution is 5.91. The van der Waals surface area contributed by atoms with Gasteiger partial charge in [0.05, 0.1) is 10.5 Å². The molecular weight excluding hydrogens is 248 g/mol. The Balaban J connectivity index is 2.44. The first-order valence-electron chi connectivity index (χ1n) is 5.56. The molecular formula is C13H12N2O4. The fourth-order valence-electron chi connectivity index (χ4n) is 1.66. The van der Waals surface area contributed by atoms with Crippen LogP contribution in [0.15, 0.2) is 40.8 Å².